The van der Waals surface area contributed by atoms with Gasteiger partial charge in [0.1, 0.15) is 0 Å². The van der Waals surface area contributed by atoms with Gasteiger partial charge in [0.25, 0.3) is 0 Å². The lowest BCUT2D eigenvalue weighted by molar-refractivity contribution is 0.195. The maximum Gasteiger partial charge on any atom is 0.317 e. The van der Waals surface area contributed by atoms with Gasteiger partial charge in [-0.2, -0.15) is 0 Å². The van der Waals surface area contributed by atoms with Crippen molar-refractivity contribution in [1.82, 2.24) is 15.1 Å². The third kappa shape index (κ3) is 2.21. The van der Waals surface area contributed by atoms with Crippen LogP contribution in [0.15, 0.2) is 0 Å². The fraction of sp³-hybridized carbons (Fsp3) is 0.923. The van der Waals surface area contributed by atoms with E-state index in [2.05, 4.69) is 17.3 Å². The third-order valence-corrected chi connectivity index (χ3v) is 4.87. The molecule has 18 heavy (non-hydrogen) atoms. The molecule has 0 aromatic rings. The molecule has 1 saturated carbocycles. The largest absolute Gasteiger partial charge is 0.334 e. The zero-order chi connectivity index (χ0) is 12.7. The van der Waals surface area contributed by atoms with E-state index >= 15 is 0 Å². The summed E-state index contributed by atoms with van der Waals surface area (Å²) in [4.78, 5) is 16.6. The molecule has 3 aliphatic rings. The van der Waals surface area contributed by atoms with Crippen molar-refractivity contribution in [1.29, 1.82) is 0 Å². The average molecular weight is 252 g/mol. The van der Waals surface area contributed by atoms with Crippen LogP contribution in [0.4, 0.5) is 4.79 Å². The summed E-state index contributed by atoms with van der Waals surface area (Å²) in [5.74, 6) is 1.31. The van der Waals surface area contributed by atoms with E-state index in [9.17, 15) is 4.79 Å². The van der Waals surface area contributed by atoms with Gasteiger partial charge in [0.15, 0.2) is 0 Å². The van der Waals surface area contributed by atoms with Crippen LogP contribution in [0.1, 0.15) is 19.3 Å². The molecule has 5 nitrogen and oxygen atoms in total. The number of likely N-dealkylation sites (N-methyl/N-ethyl adjacent to an activating group) is 1. The van der Waals surface area contributed by atoms with E-state index in [0.717, 1.165) is 13.1 Å². The van der Waals surface area contributed by atoms with Gasteiger partial charge >= 0.3 is 6.03 Å². The lowest BCUT2D eigenvalue weighted by Gasteiger charge is -2.24. The second-order valence-electron chi connectivity index (χ2n) is 6.13. The molecule has 0 aromatic heterocycles. The molecular weight excluding hydrogens is 228 g/mol. The summed E-state index contributed by atoms with van der Waals surface area (Å²) < 4.78 is 0. The first kappa shape index (κ1) is 12.2. The van der Waals surface area contributed by atoms with Gasteiger partial charge in [0.2, 0.25) is 0 Å². The van der Waals surface area contributed by atoms with Crippen LogP contribution in [0.5, 0.6) is 0 Å². The molecule has 3 fully saturated rings. The average Bonchev–Trinajstić information content (AvgIpc) is 3.02. The first-order chi connectivity index (χ1) is 8.69. The molecule has 0 radical (unpaired) electrons. The number of carbonyl (C=O) groups is 1. The van der Waals surface area contributed by atoms with Crippen LogP contribution < -0.4 is 11.1 Å². The van der Waals surface area contributed by atoms with E-state index in [-0.39, 0.29) is 12.1 Å². The zero-order valence-electron chi connectivity index (χ0n) is 11.1. The van der Waals surface area contributed by atoms with E-state index in [4.69, 9.17) is 5.73 Å². The maximum absolute atomic E-state index is 12.2. The number of nitrogens with zero attached hydrogens (tertiary/aromatic N) is 2. The van der Waals surface area contributed by atoms with Gasteiger partial charge in [-0.25, -0.2) is 4.79 Å². The van der Waals surface area contributed by atoms with Gasteiger partial charge in [-0.1, -0.05) is 0 Å². The van der Waals surface area contributed by atoms with Gasteiger partial charge in [0.05, 0.1) is 0 Å². The van der Waals surface area contributed by atoms with Crippen molar-refractivity contribution in [2.24, 2.45) is 17.6 Å². The third-order valence-electron chi connectivity index (χ3n) is 4.87. The summed E-state index contributed by atoms with van der Waals surface area (Å²) in [6.07, 6.45) is 3.67. The maximum atomic E-state index is 12.2. The van der Waals surface area contributed by atoms with Crippen molar-refractivity contribution in [3.8, 4) is 0 Å². The highest BCUT2D eigenvalue weighted by Crippen LogP contribution is 2.33. The molecule has 2 aliphatic heterocycles. The lowest BCUT2D eigenvalue weighted by Crippen LogP contribution is -2.48. The minimum atomic E-state index is 0.0974. The molecule has 2 saturated heterocycles. The lowest BCUT2D eigenvalue weighted by atomic mass is 10.1. The van der Waals surface area contributed by atoms with E-state index < -0.39 is 0 Å². The Balaban J connectivity index is 1.54. The number of likely N-dealkylation sites (tertiary alicyclic amines) is 2. The number of nitrogens with two attached hydrogens (primary N) is 1. The summed E-state index contributed by atoms with van der Waals surface area (Å²) in [5, 5.41) is 3.12. The van der Waals surface area contributed by atoms with Crippen molar-refractivity contribution < 1.29 is 4.79 Å². The molecule has 1 unspecified atom stereocenters. The normalized spacial score (nSPS) is 33.6. The van der Waals surface area contributed by atoms with E-state index in [0.29, 0.717) is 24.4 Å². The standard InChI is InChI=1S/C13H24N4O/c1-16-5-4-10-7-17(8-12(10)16)13(18)15-11(6-14)9-2-3-9/h9-12H,2-8,14H2,1H3,(H,15,18)/t10-,11?,12+/m1/s1. The molecule has 102 valence electrons. The Morgan fingerprint density at radius 1 is 1.39 bits per heavy atom. The van der Waals surface area contributed by atoms with Crippen LogP contribution in [-0.2, 0) is 0 Å². The van der Waals surface area contributed by atoms with Gasteiger partial charge < -0.3 is 20.9 Å². The number of hydrogen-bond donors (Lipinski definition) is 2. The summed E-state index contributed by atoms with van der Waals surface area (Å²) in [5.41, 5.74) is 5.73. The number of amides is 2. The Bertz CT molecular complexity index is 331. The van der Waals surface area contributed by atoms with Crippen molar-refractivity contribution in [2.45, 2.75) is 31.3 Å². The Hall–Kier alpha value is -0.810. The van der Waals surface area contributed by atoms with Crippen molar-refractivity contribution in [3.63, 3.8) is 0 Å². The molecule has 3 rings (SSSR count). The fourth-order valence-corrected chi connectivity index (χ4v) is 3.46. The minimum Gasteiger partial charge on any atom is -0.334 e. The number of hydrogen-bond acceptors (Lipinski definition) is 3. The van der Waals surface area contributed by atoms with Gasteiger partial charge in [-0.3, -0.25) is 0 Å². The summed E-state index contributed by atoms with van der Waals surface area (Å²) >= 11 is 0. The predicted octanol–water partition coefficient (Wildman–Crippen LogP) is 0.0692. The highest BCUT2D eigenvalue weighted by Gasteiger charge is 2.42. The number of urea groups is 1. The van der Waals surface area contributed by atoms with Crippen molar-refractivity contribution >= 4 is 6.03 Å². The topological polar surface area (TPSA) is 61.6 Å². The van der Waals surface area contributed by atoms with Crippen LogP contribution in [0.3, 0.4) is 0 Å². The van der Waals surface area contributed by atoms with Crippen molar-refractivity contribution in [2.75, 3.05) is 33.2 Å². The highest BCUT2D eigenvalue weighted by molar-refractivity contribution is 5.75. The van der Waals surface area contributed by atoms with Crippen LogP contribution in [0.25, 0.3) is 0 Å². The van der Waals surface area contributed by atoms with E-state index in [1.165, 1.54) is 25.8 Å². The molecule has 3 N–H and O–H groups in total. The Morgan fingerprint density at radius 3 is 2.78 bits per heavy atom. The highest BCUT2D eigenvalue weighted by atomic mass is 16.2. The second kappa shape index (κ2) is 4.70. The summed E-state index contributed by atoms with van der Waals surface area (Å²) in [6, 6.07) is 0.865. The monoisotopic (exact) mass is 252 g/mol. The molecule has 5 heteroatoms. The smallest absolute Gasteiger partial charge is 0.317 e. The molecule has 2 heterocycles. The molecule has 0 aromatic carbocycles. The minimum absolute atomic E-state index is 0.0974. The molecule has 3 atom stereocenters. The van der Waals surface area contributed by atoms with Crippen LogP contribution >= 0.6 is 0 Å². The summed E-state index contributed by atoms with van der Waals surface area (Å²) in [7, 11) is 2.17. The number of carbonyl (C=O) groups excluding carboxylic acids is 1. The quantitative estimate of drug-likeness (QED) is 0.747. The van der Waals surface area contributed by atoms with Crippen LogP contribution in [0, 0.1) is 11.8 Å². The van der Waals surface area contributed by atoms with Gasteiger partial charge in [-0.05, 0) is 44.7 Å². The van der Waals surface area contributed by atoms with E-state index in [1.54, 1.807) is 0 Å². The first-order valence-corrected chi connectivity index (χ1v) is 7.14. The second-order valence-corrected chi connectivity index (χ2v) is 6.13. The first-order valence-electron chi connectivity index (χ1n) is 7.14. The van der Waals surface area contributed by atoms with Crippen LogP contribution in [0.2, 0.25) is 0 Å². The Labute approximate surface area is 109 Å². The Kier molecular flexibility index (Phi) is 3.20. The number of fused-ring (bicyclic) bond motifs is 1. The van der Waals surface area contributed by atoms with Gasteiger partial charge in [0, 0.05) is 31.7 Å². The summed E-state index contributed by atoms with van der Waals surface area (Å²) in [6.45, 7) is 3.55. The van der Waals surface area contributed by atoms with Crippen molar-refractivity contribution in [3.05, 3.63) is 0 Å². The predicted molar refractivity (Wildman–Crippen MR) is 70.2 cm³/mol. The fourth-order valence-electron chi connectivity index (χ4n) is 3.46. The molecule has 0 bridgehead atoms. The number of nitrogens with one attached hydrogen (secondary N) is 1. The van der Waals surface area contributed by atoms with Crippen LogP contribution in [-0.4, -0.2) is 61.1 Å². The number of rotatable bonds is 3. The van der Waals surface area contributed by atoms with E-state index in [1.807, 2.05) is 4.90 Å². The molecule has 1 aliphatic carbocycles. The molecular formula is C13H24N4O. The molecule has 0 spiro atoms. The Morgan fingerprint density at radius 2 is 2.17 bits per heavy atom. The molecule has 2 amide bonds. The zero-order valence-corrected chi connectivity index (χ0v) is 11.1. The SMILES string of the molecule is CN1CC[C@@H]2CN(C(=O)NC(CN)C3CC3)C[C@@H]21. The van der Waals surface area contributed by atoms with Gasteiger partial charge in [-0.15, -0.1) is 0 Å².